The maximum absolute atomic E-state index is 14.4. The lowest BCUT2D eigenvalue weighted by Gasteiger charge is -2.41. The molecule has 3 heterocycles. The molecular formula is C26H25N3O3. The summed E-state index contributed by atoms with van der Waals surface area (Å²) in [5.74, 6) is 1.57. The Bertz CT molecular complexity index is 1350. The summed E-state index contributed by atoms with van der Waals surface area (Å²) in [6.07, 6.45) is 2.63. The Labute approximate surface area is 186 Å². The molecule has 1 saturated carbocycles. The van der Waals surface area contributed by atoms with E-state index in [1.54, 1.807) is 0 Å². The minimum absolute atomic E-state index is 0.171. The highest BCUT2D eigenvalue weighted by molar-refractivity contribution is 6.05. The maximum Gasteiger partial charge on any atom is 0.239 e. The second kappa shape index (κ2) is 5.61. The van der Waals surface area contributed by atoms with Crippen molar-refractivity contribution in [2.45, 2.75) is 50.9 Å². The molecule has 1 amide bonds. The number of fused-ring (bicyclic) bond motifs is 8. The molecule has 32 heavy (non-hydrogen) atoms. The molecule has 0 spiro atoms. The number of carbonyl (C=O) groups is 1. The monoisotopic (exact) mass is 427 g/mol. The second-order valence-corrected chi connectivity index (χ2v) is 10.3. The Morgan fingerprint density at radius 1 is 0.969 bits per heavy atom. The number of anilines is 1. The second-order valence-electron chi connectivity index (χ2n) is 10.3. The summed E-state index contributed by atoms with van der Waals surface area (Å²) < 4.78 is 11.1. The van der Waals surface area contributed by atoms with Crippen LogP contribution in [0.1, 0.15) is 50.6 Å². The number of amides is 1. The highest BCUT2D eigenvalue weighted by atomic mass is 16.7. The van der Waals surface area contributed by atoms with Crippen LogP contribution in [0.5, 0.6) is 11.5 Å². The van der Waals surface area contributed by atoms with E-state index >= 15 is 0 Å². The first-order valence-electron chi connectivity index (χ1n) is 11.4. The van der Waals surface area contributed by atoms with Crippen LogP contribution in [0.25, 0.3) is 11.0 Å². The average Bonchev–Trinajstić information content (AvgIpc) is 3.49. The van der Waals surface area contributed by atoms with Gasteiger partial charge in [-0.05, 0) is 36.3 Å². The van der Waals surface area contributed by atoms with Gasteiger partial charge in [0.1, 0.15) is 0 Å². The first-order chi connectivity index (χ1) is 15.4. The van der Waals surface area contributed by atoms with Crippen LogP contribution >= 0.6 is 0 Å². The number of benzene rings is 2. The molecule has 2 unspecified atom stereocenters. The fraction of sp³-hybridized carbons (Fsp3) is 0.423. The lowest BCUT2D eigenvalue weighted by molar-refractivity contribution is -0.127. The van der Waals surface area contributed by atoms with E-state index in [0.717, 1.165) is 53.9 Å². The summed E-state index contributed by atoms with van der Waals surface area (Å²) in [6.45, 7) is 7.67. The molecule has 0 N–H and O–H groups in total. The van der Waals surface area contributed by atoms with Crippen LogP contribution in [0, 0.1) is 5.41 Å². The average molecular weight is 428 g/mol. The minimum Gasteiger partial charge on any atom is -0.454 e. The third kappa shape index (κ3) is 1.87. The Kier molecular flexibility index (Phi) is 3.23. The summed E-state index contributed by atoms with van der Waals surface area (Å²) in [6, 6.07) is 12.1. The van der Waals surface area contributed by atoms with Crippen molar-refractivity contribution in [2.24, 2.45) is 5.41 Å². The number of nitrogens with zero attached hydrogens (tertiary/aromatic N) is 3. The number of hydrogen-bond acceptors (Lipinski definition) is 5. The fourth-order valence-corrected chi connectivity index (χ4v) is 6.75. The third-order valence-corrected chi connectivity index (χ3v) is 9.03. The van der Waals surface area contributed by atoms with E-state index in [9.17, 15) is 4.79 Å². The number of ether oxygens (including phenoxy) is 2. The predicted octanol–water partition coefficient (Wildman–Crippen LogP) is 4.28. The van der Waals surface area contributed by atoms with Crippen molar-refractivity contribution in [3.63, 3.8) is 0 Å². The van der Waals surface area contributed by atoms with Gasteiger partial charge in [-0.3, -0.25) is 4.79 Å². The Morgan fingerprint density at radius 3 is 2.41 bits per heavy atom. The molecule has 6 nitrogen and oxygen atoms in total. The Balaban J connectivity index is 1.46. The molecular weight excluding hydrogens is 402 g/mol. The molecule has 1 fully saturated rings. The van der Waals surface area contributed by atoms with Gasteiger partial charge in [0.05, 0.1) is 27.8 Å². The van der Waals surface area contributed by atoms with Crippen LogP contribution < -0.4 is 14.4 Å². The Morgan fingerprint density at radius 2 is 1.66 bits per heavy atom. The smallest absolute Gasteiger partial charge is 0.239 e. The molecule has 0 saturated heterocycles. The van der Waals surface area contributed by atoms with E-state index < -0.39 is 5.41 Å². The summed E-state index contributed by atoms with van der Waals surface area (Å²) in [4.78, 5) is 26.7. The molecule has 2 aliphatic carbocycles. The fourth-order valence-electron chi connectivity index (χ4n) is 6.75. The summed E-state index contributed by atoms with van der Waals surface area (Å²) in [7, 11) is 0. The molecule has 3 aromatic rings. The van der Waals surface area contributed by atoms with Crippen LogP contribution in [-0.4, -0.2) is 29.2 Å². The van der Waals surface area contributed by atoms with Crippen LogP contribution in [-0.2, 0) is 22.0 Å². The van der Waals surface area contributed by atoms with Gasteiger partial charge in [0, 0.05) is 29.8 Å². The highest BCUT2D eigenvalue weighted by Gasteiger charge is 2.73. The van der Waals surface area contributed by atoms with Gasteiger partial charge in [0.25, 0.3) is 0 Å². The predicted molar refractivity (Wildman–Crippen MR) is 120 cm³/mol. The number of rotatable bonds is 1. The van der Waals surface area contributed by atoms with Crippen molar-refractivity contribution in [2.75, 3.05) is 18.2 Å². The number of carbonyl (C=O) groups excluding carboxylic acids is 1. The molecule has 162 valence electrons. The third-order valence-electron chi connectivity index (χ3n) is 9.03. The molecule has 6 heteroatoms. The first kappa shape index (κ1) is 18.4. The standard InChI is InChI=1S/C26H25N3O3/c1-24(2)25(3)9-10-26(24,23(30)29-11-8-15-6-4-5-7-18(15)29)22-21(25)27-16-12-19-20(32-14-31-19)13-17(16)28-22/h4-7,12-13H,8-11,14H2,1-3H3. The van der Waals surface area contributed by atoms with Crippen LogP contribution in [0.2, 0.25) is 0 Å². The molecule has 1 aromatic heterocycles. The topological polar surface area (TPSA) is 64.6 Å². The summed E-state index contributed by atoms with van der Waals surface area (Å²) in [5, 5.41) is 0. The molecule has 2 aliphatic heterocycles. The van der Waals surface area contributed by atoms with Crippen molar-refractivity contribution in [3.8, 4) is 11.5 Å². The van der Waals surface area contributed by atoms with E-state index in [2.05, 4.69) is 32.9 Å². The van der Waals surface area contributed by atoms with E-state index in [0.29, 0.717) is 11.5 Å². The van der Waals surface area contributed by atoms with Gasteiger partial charge < -0.3 is 14.4 Å². The van der Waals surface area contributed by atoms with Crippen LogP contribution in [0.4, 0.5) is 5.69 Å². The van der Waals surface area contributed by atoms with Crippen molar-refractivity contribution < 1.29 is 14.3 Å². The van der Waals surface area contributed by atoms with Crippen molar-refractivity contribution in [3.05, 3.63) is 53.3 Å². The van der Waals surface area contributed by atoms with Gasteiger partial charge in [-0.2, -0.15) is 0 Å². The summed E-state index contributed by atoms with van der Waals surface area (Å²) >= 11 is 0. The molecule has 2 atom stereocenters. The van der Waals surface area contributed by atoms with Gasteiger partial charge in [0.15, 0.2) is 11.5 Å². The van der Waals surface area contributed by atoms with Crippen molar-refractivity contribution >= 4 is 22.6 Å². The largest absolute Gasteiger partial charge is 0.454 e. The van der Waals surface area contributed by atoms with Gasteiger partial charge in [-0.25, -0.2) is 9.97 Å². The van der Waals surface area contributed by atoms with Gasteiger partial charge >= 0.3 is 0 Å². The van der Waals surface area contributed by atoms with Crippen LogP contribution in [0.15, 0.2) is 36.4 Å². The number of hydrogen-bond donors (Lipinski definition) is 0. The SMILES string of the molecule is CC12CCC(C(=O)N3CCc4ccccc43)(c3nc4cc5c(cc4nc31)OCO5)C2(C)C. The number of para-hydroxylation sites is 1. The zero-order valence-electron chi connectivity index (χ0n) is 18.6. The highest BCUT2D eigenvalue weighted by Crippen LogP contribution is 2.70. The Hall–Kier alpha value is -3.15. The zero-order chi connectivity index (χ0) is 21.9. The zero-order valence-corrected chi connectivity index (χ0v) is 18.6. The number of aromatic nitrogens is 2. The quantitative estimate of drug-likeness (QED) is 0.580. The van der Waals surface area contributed by atoms with E-state index in [1.165, 1.54) is 5.56 Å². The van der Waals surface area contributed by atoms with E-state index in [4.69, 9.17) is 19.4 Å². The van der Waals surface area contributed by atoms with Gasteiger partial charge in [-0.1, -0.05) is 39.0 Å². The van der Waals surface area contributed by atoms with Crippen molar-refractivity contribution in [1.82, 2.24) is 9.97 Å². The minimum atomic E-state index is -0.688. The molecule has 2 aromatic carbocycles. The summed E-state index contributed by atoms with van der Waals surface area (Å²) in [5.41, 5.74) is 4.47. The van der Waals surface area contributed by atoms with Gasteiger partial charge in [-0.15, -0.1) is 0 Å². The van der Waals surface area contributed by atoms with Crippen molar-refractivity contribution in [1.29, 1.82) is 0 Å². The first-order valence-corrected chi connectivity index (χ1v) is 11.4. The normalized spacial score (nSPS) is 28.3. The van der Waals surface area contributed by atoms with E-state index in [1.807, 2.05) is 29.2 Å². The lowest BCUT2D eigenvalue weighted by Crippen LogP contribution is -2.52. The lowest BCUT2D eigenvalue weighted by atomic mass is 9.63. The van der Waals surface area contributed by atoms with E-state index in [-0.39, 0.29) is 23.5 Å². The molecule has 0 radical (unpaired) electrons. The molecule has 7 rings (SSSR count). The molecule has 4 aliphatic rings. The molecule has 2 bridgehead atoms. The maximum atomic E-state index is 14.4. The van der Waals surface area contributed by atoms with Crippen LogP contribution in [0.3, 0.4) is 0 Å². The van der Waals surface area contributed by atoms with Gasteiger partial charge in [0.2, 0.25) is 12.7 Å².